The molecule has 2 unspecified atom stereocenters. The van der Waals surface area contributed by atoms with Crippen LogP contribution in [0.25, 0.3) is 0 Å². The molecule has 1 N–H and O–H groups in total. The maximum absolute atomic E-state index is 9.20. The lowest BCUT2D eigenvalue weighted by Gasteiger charge is -2.20. The molecule has 1 aliphatic rings. The van der Waals surface area contributed by atoms with Crippen molar-refractivity contribution >= 4 is 5.69 Å². The number of anilines is 1. The molecule has 0 amide bonds. The summed E-state index contributed by atoms with van der Waals surface area (Å²) < 4.78 is 0. The highest BCUT2D eigenvalue weighted by Gasteiger charge is 2.24. The molecule has 0 aliphatic heterocycles. The molecule has 0 spiro atoms. The lowest BCUT2D eigenvalue weighted by Crippen LogP contribution is -2.22. The standard InChI is InChI=1S/C14H19N3/c1-9-5-4-6-13(9)17-14-7-10(2)16-11(3)12(14)8-15/h7,9,13H,4-6H2,1-3H3,(H,16,17). The molecule has 1 heterocycles. The Morgan fingerprint density at radius 2 is 2.18 bits per heavy atom. The topological polar surface area (TPSA) is 48.7 Å². The average Bonchev–Trinajstić information content (AvgIpc) is 2.64. The Kier molecular flexibility index (Phi) is 3.33. The molecule has 1 aromatic heterocycles. The van der Waals surface area contributed by atoms with Gasteiger partial charge in [-0.25, -0.2) is 0 Å². The normalized spacial score (nSPS) is 23.4. The summed E-state index contributed by atoms with van der Waals surface area (Å²) in [7, 11) is 0. The third-order valence-electron chi connectivity index (χ3n) is 3.64. The van der Waals surface area contributed by atoms with E-state index in [1.807, 2.05) is 19.9 Å². The highest BCUT2D eigenvalue weighted by Crippen LogP contribution is 2.29. The van der Waals surface area contributed by atoms with Crippen molar-refractivity contribution in [1.82, 2.24) is 4.98 Å². The van der Waals surface area contributed by atoms with Crippen LogP contribution < -0.4 is 5.32 Å². The van der Waals surface area contributed by atoms with Crippen LogP contribution in [0.15, 0.2) is 6.07 Å². The molecule has 0 radical (unpaired) electrons. The zero-order valence-electron chi connectivity index (χ0n) is 10.7. The van der Waals surface area contributed by atoms with Crippen LogP contribution in [0.4, 0.5) is 5.69 Å². The van der Waals surface area contributed by atoms with E-state index < -0.39 is 0 Å². The first-order valence-electron chi connectivity index (χ1n) is 6.26. The number of aromatic nitrogens is 1. The second-order valence-corrected chi connectivity index (χ2v) is 5.04. The molecule has 1 aromatic rings. The number of rotatable bonds is 2. The highest BCUT2D eigenvalue weighted by atomic mass is 14.9. The largest absolute Gasteiger partial charge is 0.381 e. The van der Waals surface area contributed by atoms with Crippen molar-refractivity contribution in [2.45, 2.75) is 46.1 Å². The van der Waals surface area contributed by atoms with Gasteiger partial charge in [-0.3, -0.25) is 4.98 Å². The van der Waals surface area contributed by atoms with Crippen LogP contribution in [0.1, 0.15) is 43.1 Å². The van der Waals surface area contributed by atoms with Crippen molar-refractivity contribution in [2.24, 2.45) is 5.92 Å². The van der Waals surface area contributed by atoms with Gasteiger partial charge in [0, 0.05) is 11.7 Å². The van der Waals surface area contributed by atoms with Crippen molar-refractivity contribution in [3.63, 3.8) is 0 Å². The number of hydrogen-bond acceptors (Lipinski definition) is 3. The van der Waals surface area contributed by atoms with Crippen LogP contribution in [0, 0.1) is 31.1 Å². The summed E-state index contributed by atoms with van der Waals surface area (Å²) in [6.07, 6.45) is 3.76. The van der Waals surface area contributed by atoms with Crippen LogP contribution in [-0.2, 0) is 0 Å². The van der Waals surface area contributed by atoms with Gasteiger partial charge in [0.1, 0.15) is 6.07 Å². The molecular weight excluding hydrogens is 210 g/mol. The molecule has 3 heteroatoms. The summed E-state index contributed by atoms with van der Waals surface area (Å²) in [4.78, 5) is 4.34. The van der Waals surface area contributed by atoms with E-state index in [4.69, 9.17) is 0 Å². The Bertz CT molecular complexity index is 459. The average molecular weight is 229 g/mol. The molecule has 90 valence electrons. The first kappa shape index (κ1) is 11.9. The highest BCUT2D eigenvalue weighted by molar-refractivity contribution is 5.60. The van der Waals surface area contributed by atoms with E-state index in [2.05, 4.69) is 23.3 Å². The predicted octanol–water partition coefficient (Wildman–Crippen LogP) is 3.17. The van der Waals surface area contributed by atoms with Crippen molar-refractivity contribution in [3.05, 3.63) is 23.0 Å². The molecule has 2 atom stereocenters. The lowest BCUT2D eigenvalue weighted by atomic mass is 10.0. The molecule has 1 aliphatic carbocycles. The van der Waals surface area contributed by atoms with Crippen LogP contribution in [0.5, 0.6) is 0 Å². The van der Waals surface area contributed by atoms with Gasteiger partial charge in [0.15, 0.2) is 0 Å². The van der Waals surface area contributed by atoms with Crippen LogP contribution in [0.3, 0.4) is 0 Å². The van der Waals surface area contributed by atoms with Gasteiger partial charge in [0.25, 0.3) is 0 Å². The number of nitriles is 1. The van der Waals surface area contributed by atoms with Gasteiger partial charge >= 0.3 is 0 Å². The molecule has 0 aromatic carbocycles. The van der Waals surface area contributed by atoms with E-state index >= 15 is 0 Å². The summed E-state index contributed by atoms with van der Waals surface area (Å²) in [6, 6.07) is 4.74. The maximum Gasteiger partial charge on any atom is 0.103 e. The van der Waals surface area contributed by atoms with Crippen LogP contribution in [0.2, 0.25) is 0 Å². The zero-order chi connectivity index (χ0) is 12.4. The molecule has 1 saturated carbocycles. The van der Waals surface area contributed by atoms with Gasteiger partial charge in [-0.2, -0.15) is 5.26 Å². The summed E-state index contributed by atoms with van der Waals surface area (Å²) in [5.74, 6) is 0.690. The SMILES string of the molecule is Cc1cc(NC2CCCC2C)c(C#N)c(C)n1. The molecular formula is C14H19N3. The van der Waals surface area contributed by atoms with Crippen LogP contribution in [-0.4, -0.2) is 11.0 Å². The van der Waals surface area contributed by atoms with Gasteiger partial charge in [-0.1, -0.05) is 13.3 Å². The minimum atomic E-state index is 0.503. The fraction of sp³-hybridized carbons (Fsp3) is 0.571. The molecule has 1 fully saturated rings. The molecule has 3 nitrogen and oxygen atoms in total. The smallest absolute Gasteiger partial charge is 0.103 e. The third-order valence-corrected chi connectivity index (χ3v) is 3.64. The monoisotopic (exact) mass is 229 g/mol. The van der Waals surface area contributed by atoms with Crippen LogP contribution >= 0.6 is 0 Å². The minimum absolute atomic E-state index is 0.503. The fourth-order valence-electron chi connectivity index (χ4n) is 2.64. The minimum Gasteiger partial charge on any atom is -0.381 e. The summed E-state index contributed by atoms with van der Waals surface area (Å²) >= 11 is 0. The Morgan fingerprint density at radius 3 is 2.76 bits per heavy atom. The second-order valence-electron chi connectivity index (χ2n) is 5.04. The van der Waals surface area contributed by atoms with E-state index in [9.17, 15) is 5.26 Å². The van der Waals surface area contributed by atoms with Gasteiger partial charge in [0.2, 0.25) is 0 Å². The van der Waals surface area contributed by atoms with E-state index in [0.29, 0.717) is 17.5 Å². The lowest BCUT2D eigenvalue weighted by molar-refractivity contribution is 0.556. The summed E-state index contributed by atoms with van der Waals surface area (Å²) in [5, 5.41) is 12.7. The van der Waals surface area contributed by atoms with Gasteiger partial charge < -0.3 is 5.32 Å². The van der Waals surface area contributed by atoms with E-state index in [0.717, 1.165) is 17.1 Å². The zero-order valence-corrected chi connectivity index (χ0v) is 10.7. The van der Waals surface area contributed by atoms with E-state index in [1.165, 1.54) is 19.3 Å². The van der Waals surface area contributed by atoms with Gasteiger partial charge in [-0.05, 0) is 38.7 Å². The van der Waals surface area contributed by atoms with Crippen molar-refractivity contribution in [2.75, 3.05) is 5.32 Å². The van der Waals surface area contributed by atoms with Crippen molar-refractivity contribution in [3.8, 4) is 6.07 Å². The number of hydrogen-bond donors (Lipinski definition) is 1. The fourth-order valence-corrected chi connectivity index (χ4v) is 2.64. The predicted molar refractivity (Wildman–Crippen MR) is 68.9 cm³/mol. The summed E-state index contributed by atoms with van der Waals surface area (Å²) in [5.41, 5.74) is 3.43. The van der Waals surface area contributed by atoms with E-state index in [1.54, 1.807) is 0 Å². The first-order chi connectivity index (χ1) is 8.11. The second kappa shape index (κ2) is 4.75. The van der Waals surface area contributed by atoms with Gasteiger partial charge in [0.05, 0.1) is 16.9 Å². The number of aryl methyl sites for hydroxylation is 2. The summed E-state index contributed by atoms with van der Waals surface area (Å²) in [6.45, 7) is 6.14. The molecule has 0 bridgehead atoms. The molecule has 2 rings (SSSR count). The Labute approximate surface area is 103 Å². The maximum atomic E-state index is 9.20. The van der Waals surface area contributed by atoms with Gasteiger partial charge in [-0.15, -0.1) is 0 Å². The Morgan fingerprint density at radius 1 is 1.41 bits per heavy atom. The molecule has 17 heavy (non-hydrogen) atoms. The first-order valence-corrected chi connectivity index (χ1v) is 6.26. The Balaban J connectivity index is 2.29. The quantitative estimate of drug-likeness (QED) is 0.847. The van der Waals surface area contributed by atoms with Crippen molar-refractivity contribution < 1.29 is 0 Å². The molecule has 0 saturated heterocycles. The Hall–Kier alpha value is -1.56. The van der Waals surface area contributed by atoms with E-state index in [-0.39, 0.29) is 0 Å². The third kappa shape index (κ3) is 2.41. The number of nitrogens with zero attached hydrogens (tertiary/aromatic N) is 2. The van der Waals surface area contributed by atoms with Crippen molar-refractivity contribution in [1.29, 1.82) is 5.26 Å². The number of pyridine rings is 1. The number of nitrogens with one attached hydrogen (secondary N) is 1.